The SMILES string of the molecule is Cc1ccc(C)c(OCc2csc(C(=O)Nc3cnn(Cc4ccccc4Cl)c3)c2)c1. The minimum atomic E-state index is -0.166. The van der Waals surface area contributed by atoms with Gasteiger partial charge in [-0.05, 0) is 54.1 Å². The third-order valence-electron chi connectivity index (χ3n) is 4.80. The second-order valence-corrected chi connectivity index (χ2v) is 8.67. The van der Waals surface area contributed by atoms with Crippen LogP contribution >= 0.6 is 22.9 Å². The van der Waals surface area contributed by atoms with Crippen LogP contribution in [0.25, 0.3) is 0 Å². The van der Waals surface area contributed by atoms with E-state index in [-0.39, 0.29) is 5.91 Å². The van der Waals surface area contributed by atoms with Gasteiger partial charge in [-0.1, -0.05) is 41.9 Å². The Balaban J connectivity index is 1.35. The number of carbonyl (C=O) groups is 1. The first-order valence-electron chi connectivity index (χ1n) is 9.82. The lowest BCUT2D eigenvalue weighted by Crippen LogP contribution is -2.09. The molecule has 0 saturated heterocycles. The smallest absolute Gasteiger partial charge is 0.265 e. The molecule has 1 N–H and O–H groups in total. The molecule has 4 rings (SSSR count). The van der Waals surface area contributed by atoms with Gasteiger partial charge in [0.1, 0.15) is 12.4 Å². The number of hydrogen-bond acceptors (Lipinski definition) is 4. The van der Waals surface area contributed by atoms with E-state index in [4.69, 9.17) is 16.3 Å². The fourth-order valence-electron chi connectivity index (χ4n) is 3.10. The first-order chi connectivity index (χ1) is 15.0. The minimum Gasteiger partial charge on any atom is -0.489 e. The molecule has 2 aromatic heterocycles. The molecule has 0 fully saturated rings. The molecule has 0 saturated carbocycles. The maximum atomic E-state index is 12.6. The Kier molecular flexibility index (Phi) is 6.39. The summed E-state index contributed by atoms with van der Waals surface area (Å²) in [6.45, 7) is 5.02. The van der Waals surface area contributed by atoms with Crippen LogP contribution in [0.4, 0.5) is 5.69 Å². The minimum absolute atomic E-state index is 0.166. The van der Waals surface area contributed by atoms with Gasteiger partial charge in [-0.25, -0.2) is 0 Å². The summed E-state index contributed by atoms with van der Waals surface area (Å²) in [5.41, 5.74) is 4.81. The number of thiophene rings is 1. The van der Waals surface area contributed by atoms with E-state index in [1.165, 1.54) is 11.3 Å². The van der Waals surface area contributed by atoms with Crippen LogP contribution in [0.15, 0.2) is 66.3 Å². The van der Waals surface area contributed by atoms with Crippen LogP contribution < -0.4 is 10.1 Å². The van der Waals surface area contributed by atoms with Gasteiger partial charge in [0, 0.05) is 16.8 Å². The zero-order valence-electron chi connectivity index (χ0n) is 17.3. The molecule has 0 spiro atoms. The van der Waals surface area contributed by atoms with Crippen molar-refractivity contribution in [3.8, 4) is 5.75 Å². The van der Waals surface area contributed by atoms with Crippen LogP contribution in [-0.4, -0.2) is 15.7 Å². The normalized spacial score (nSPS) is 10.8. The topological polar surface area (TPSA) is 56.1 Å². The number of halogens is 1. The van der Waals surface area contributed by atoms with Crippen molar-refractivity contribution in [2.24, 2.45) is 0 Å². The van der Waals surface area contributed by atoms with Crippen LogP contribution in [0, 0.1) is 13.8 Å². The Bertz CT molecular complexity index is 1220. The number of hydrogen-bond donors (Lipinski definition) is 1. The highest BCUT2D eigenvalue weighted by molar-refractivity contribution is 7.12. The van der Waals surface area contributed by atoms with Gasteiger partial charge in [0.05, 0.1) is 23.3 Å². The second-order valence-electron chi connectivity index (χ2n) is 7.35. The standard InChI is InChI=1S/C24H22ClN3O2S/c1-16-7-8-17(2)22(9-16)30-14-18-10-23(31-15-18)24(29)27-20-11-26-28(13-20)12-19-5-3-4-6-21(19)25/h3-11,13,15H,12,14H2,1-2H3,(H,27,29). The van der Waals surface area contributed by atoms with Crippen molar-refractivity contribution < 1.29 is 9.53 Å². The molecule has 0 unspecified atom stereocenters. The fourth-order valence-corrected chi connectivity index (χ4v) is 4.09. The molecule has 0 aliphatic rings. The van der Waals surface area contributed by atoms with E-state index in [1.54, 1.807) is 17.1 Å². The number of ether oxygens (including phenoxy) is 1. The number of aromatic nitrogens is 2. The predicted octanol–water partition coefficient (Wildman–Crippen LogP) is 6.09. The summed E-state index contributed by atoms with van der Waals surface area (Å²) in [5.74, 6) is 0.698. The number of nitrogens with one attached hydrogen (secondary N) is 1. The Hall–Kier alpha value is -3.09. The van der Waals surface area contributed by atoms with Crippen LogP contribution in [-0.2, 0) is 13.2 Å². The van der Waals surface area contributed by atoms with Gasteiger partial charge in [0.15, 0.2) is 0 Å². The maximum Gasteiger partial charge on any atom is 0.265 e. The molecular formula is C24H22ClN3O2S. The van der Waals surface area contributed by atoms with E-state index in [0.29, 0.717) is 28.7 Å². The van der Waals surface area contributed by atoms with Gasteiger partial charge >= 0.3 is 0 Å². The van der Waals surface area contributed by atoms with E-state index in [0.717, 1.165) is 28.0 Å². The van der Waals surface area contributed by atoms with Crippen molar-refractivity contribution >= 4 is 34.5 Å². The molecule has 0 aliphatic heterocycles. The third-order valence-corrected chi connectivity index (χ3v) is 6.14. The summed E-state index contributed by atoms with van der Waals surface area (Å²) >= 11 is 7.60. The molecular weight excluding hydrogens is 430 g/mol. The van der Waals surface area contributed by atoms with Gasteiger partial charge in [0.2, 0.25) is 0 Å². The van der Waals surface area contributed by atoms with Crippen LogP contribution in [0.1, 0.15) is 31.9 Å². The largest absolute Gasteiger partial charge is 0.489 e. The summed E-state index contributed by atoms with van der Waals surface area (Å²) in [5, 5.41) is 9.84. The molecule has 2 aromatic carbocycles. The number of nitrogens with zero attached hydrogens (tertiary/aromatic N) is 2. The predicted molar refractivity (Wildman–Crippen MR) is 125 cm³/mol. The second kappa shape index (κ2) is 9.37. The van der Waals surface area contributed by atoms with E-state index in [9.17, 15) is 4.79 Å². The van der Waals surface area contributed by atoms with Gasteiger partial charge in [-0.3, -0.25) is 9.48 Å². The summed E-state index contributed by atoms with van der Waals surface area (Å²) in [7, 11) is 0. The molecule has 0 radical (unpaired) electrons. The zero-order valence-corrected chi connectivity index (χ0v) is 18.8. The molecule has 158 valence electrons. The lowest BCUT2D eigenvalue weighted by atomic mass is 10.1. The summed E-state index contributed by atoms with van der Waals surface area (Å²) in [4.78, 5) is 13.2. The van der Waals surface area contributed by atoms with E-state index < -0.39 is 0 Å². The van der Waals surface area contributed by atoms with Gasteiger partial charge in [-0.2, -0.15) is 5.10 Å². The number of rotatable bonds is 7. The highest BCUT2D eigenvalue weighted by Gasteiger charge is 2.12. The molecule has 1 amide bonds. The Morgan fingerprint density at radius 2 is 2.03 bits per heavy atom. The monoisotopic (exact) mass is 451 g/mol. The van der Waals surface area contributed by atoms with Crippen molar-refractivity contribution in [1.29, 1.82) is 0 Å². The van der Waals surface area contributed by atoms with Gasteiger partial charge in [0.25, 0.3) is 5.91 Å². The first-order valence-corrected chi connectivity index (χ1v) is 11.1. The lowest BCUT2D eigenvalue weighted by Gasteiger charge is -2.08. The molecule has 0 bridgehead atoms. The third kappa shape index (κ3) is 5.34. The summed E-state index contributed by atoms with van der Waals surface area (Å²) < 4.78 is 7.68. The molecule has 4 aromatic rings. The van der Waals surface area contributed by atoms with Crippen LogP contribution in [0.5, 0.6) is 5.75 Å². The Morgan fingerprint density at radius 3 is 2.87 bits per heavy atom. The fraction of sp³-hybridized carbons (Fsp3) is 0.167. The quantitative estimate of drug-likeness (QED) is 0.369. The van der Waals surface area contributed by atoms with Gasteiger partial charge < -0.3 is 10.1 Å². The number of anilines is 1. The van der Waals surface area contributed by atoms with Crippen molar-refractivity contribution in [2.45, 2.75) is 27.0 Å². The van der Waals surface area contributed by atoms with Crippen molar-refractivity contribution in [3.05, 3.63) is 98.5 Å². The van der Waals surface area contributed by atoms with Gasteiger partial charge in [-0.15, -0.1) is 11.3 Å². The molecule has 7 heteroatoms. The average molecular weight is 452 g/mol. The lowest BCUT2D eigenvalue weighted by molar-refractivity contribution is 0.103. The summed E-state index contributed by atoms with van der Waals surface area (Å²) in [6, 6.07) is 15.6. The number of aryl methyl sites for hydroxylation is 2. The zero-order chi connectivity index (χ0) is 21.8. The summed E-state index contributed by atoms with van der Waals surface area (Å²) in [6.07, 6.45) is 3.42. The molecule has 0 atom stereocenters. The number of carbonyl (C=O) groups excluding carboxylic acids is 1. The van der Waals surface area contributed by atoms with Crippen molar-refractivity contribution in [3.63, 3.8) is 0 Å². The molecule has 5 nitrogen and oxygen atoms in total. The highest BCUT2D eigenvalue weighted by Crippen LogP contribution is 2.23. The Morgan fingerprint density at radius 1 is 1.19 bits per heavy atom. The molecule has 0 aliphatic carbocycles. The van der Waals surface area contributed by atoms with E-state index in [2.05, 4.69) is 16.5 Å². The maximum absolute atomic E-state index is 12.6. The molecule has 2 heterocycles. The van der Waals surface area contributed by atoms with E-state index in [1.807, 2.05) is 61.7 Å². The van der Waals surface area contributed by atoms with E-state index >= 15 is 0 Å². The molecule has 31 heavy (non-hydrogen) atoms. The highest BCUT2D eigenvalue weighted by atomic mass is 35.5. The number of amides is 1. The number of benzene rings is 2. The van der Waals surface area contributed by atoms with Crippen molar-refractivity contribution in [1.82, 2.24) is 9.78 Å². The average Bonchev–Trinajstić information content (AvgIpc) is 3.40. The van der Waals surface area contributed by atoms with Crippen LogP contribution in [0.2, 0.25) is 5.02 Å². The van der Waals surface area contributed by atoms with Crippen LogP contribution in [0.3, 0.4) is 0 Å². The van der Waals surface area contributed by atoms with Crippen molar-refractivity contribution in [2.75, 3.05) is 5.32 Å². The Labute approximate surface area is 190 Å². The first kappa shape index (κ1) is 21.2.